The maximum Gasteiger partial charge on any atom is 0.171 e. The van der Waals surface area contributed by atoms with Crippen LogP contribution in [0, 0.1) is 5.82 Å². The molecule has 5 heteroatoms. The number of halogens is 2. The minimum atomic E-state index is -0.479. The predicted molar refractivity (Wildman–Crippen MR) is 52.3 cm³/mol. The lowest BCUT2D eigenvalue weighted by molar-refractivity contribution is 0.111. The highest BCUT2D eigenvalue weighted by Crippen LogP contribution is 2.26. The summed E-state index contributed by atoms with van der Waals surface area (Å²) < 4.78 is 18.1. The molecule has 1 aromatic carbocycles. The topological polar surface area (TPSA) is 43.1 Å². The number of aromatic nitrogens is 1. The van der Waals surface area contributed by atoms with Gasteiger partial charge in [-0.3, -0.25) is 4.79 Å². The molecule has 2 rings (SSSR count). The first-order valence-electron chi connectivity index (χ1n) is 4.08. The Hall–Kier alpha value is -1.68. The summed E-state index contributed by atoms with van der Waals surface area (Å²) in [5.41, 5.74) is 0.299. The third kappa shape index (κ3) is 1.89. The van der Waals surface area contributed by atoms with Gasteiger partial charge in [0.1, 0.15) is 11.5 Å². The minimum absolute atomic E-state index is 0.115. The van der Waals surface area contributed by atoms with Crippen LogP contribution in [-0.4, -0.2) is 11.4 Å². The average Bonchev–Trinajstić information content (AvgIpc) is 2.70. The largest absolute Gasteiger partial charge is 0.355 e. The summed E-state index contributed by atoms with van der Waals surface area (Å²) >= 11 is 5.71. The van der Waals surface area contributed by atoms with E-state index in [2.05, 4.69) is 5.16 Å². The standard InChI is InChI=1S/C10H5ClFNO2/c11-6-1-2-9(12)8(3-6)10-4-7(5-14)13-15-10/h1-5H. The van der Waals surface area contributed by atoms with Crippen LogP contribution in [0.5, 0.6) is 0 Å². The van der Waals surface area contributed by atoms with Gasteiger partial charge in [0.05, 0.1) is 5.56 Å². The van der Waals surface area contributed by atoms with Crippen molar-refractivity contribution in [2.24, 2.45) is 0 Å². The fourth-order valence-corrected chi connectivity index (χ4v) is 1.33. The zero-order valence-corrected chi connectivity index (χ0v) is 8.16. The molecule has 0 unspecified atom stereocenters. The summed E-state index contributed by atoms with van der Waals surface area (Å²) in [5.74, 6) is -0.301. The van der Waals surface area contributed by atoms with Crippen LogP contribution in [0.25, 0.3) is 11.3 Å². The van der Waals surface area contributed by atoms with Crippen molar-refractivity contribution >= 4 is 17.9 Å². The molecule has 1 aromatic heterocycles. The van der Waals surface area contributed by atoms with E-state index in [4.69, 9.17) is 16.1 Å². The third-order valence-corrected chi connectivity index (χ3v) is 2.08. The van der Waals surface area contributed by atoms with Gasteiger partial charge in [-0.15, -0.1) is 0 Å². The normalized spacial score (nSPS) is 10.3. The van der Waals surface area contributed by atoms with E-state index in [0.717, 1.165) is 0 Å². The Balaban J connectivity index is 2.52. The Morgan fingerprint density at radius 3 is 2.87 bits per heavy atom. The first-order valence-corrected chi connectivity index (χ1v) is 4.46. The van der Waals surface area contributed by atoms with Crippen molar-refractivity contribution in [2.45, 2.75) is 0 Å². The van der Waals surface area contributed by atoms with Crippen LogP contribution < -0.4 is 0 Å². The van der Waals surface area contributed by atoms with Crippen LogP contribution in [0.1, 0.15) is 10.5 Å². The lowest BCUT2D eigenvalue weighted by atomic mass is 10.1. The van der Waals surface area contributed by atoms with Crippen molar-refractivity contribution in [2.75, 3.05) is 0 Å². The molecular formula is C10H5ClFNO2. The van der Waals surface area contributed by atoms with Crippen LogP contribution in [0.3, 0.4) is 0 Å². The number of aldehydes is 1. The molecule has 1 heterocycles. The Kier molecular flexibility index (Phi) is 2.51. The SMILES string of the molecule is O=Cc1cc(-c2cc(Cl)ccc2F)on1. The number of hydrogen-bond acceptors (Lipinski definition) is 3. The second-order valence-corrected chi connectivity index (χ2v) is 3.29. The minimum Gasteiger partial charge on any atom is -0.355 e. The Bertz CT molecular complexity index is 510. The van der Waals surface area contributed by atoms with Crippen LogP contribution in [0.15, 0.2) is 28.8 Å². The van der Waals surface area contributed by atoms with Crippen molar-refractivity contribution in [1.82, 2.24) is 5.16 Å². The molecule has 0 aliphatic carbocycles. The van der Waals surface area contributed by atoms with Crippen molar-refractivity contribution in [3.05, 3.63) is 40.8 Å². The van der Waals surface area contributed by atoms with Gasteiger partial charge in [0.25, 0.3) is 0 Å². The molecule has 15 heavy (non-hydrogen) atoms. The quantitative estimate of drug-likeness (QED) is 0.738. The van der Waals surface area contributed by atoms with Crippen LogP contribution >= 0.6 is 11.6 Å². The van der Waals surface area contributed by atoms with Crippen molar-refractivity contribution < 1.29 is 13.7 Å². The van der Waals surface area contributed by atoms with Gasteiger partial charge >= 0.3 is 0 Å². The van der Waals surface area contributed by atoms with Crippen molar-refractivity contribution in [3.8, 4) is 11.3 Å². The lowest BCUT2D eigenvalue weighted by Gasteiger charge is -1.97. The van der Waals surface area contributed by atoms with Crippen LogP contribution in [0.4, 0.5) is 4.39 Å². The molecule has 0 spiro atoms. The Labute approximate surface area is 89.4 Å². The molecule has 0 radical (unpaired) electrons. The zero-order valence-electron chi connectivity index (χ0n) is 7.41. The van der Waals surface area contributed by atoms with Crippen LogP contribution in [0.2, 0.25) is 5.02 Å². The van der Waals surface area contributed by atoms with E-state index in [1.54, 1.807) is 0 Å². The van der Waals surface area contributed by atoms with E-state index in [9.17, 15) is 9.18 Å². The van der Waals surface area contributed by atoms with Gasteiger partial charge in [-0.25, -0.2) is 4.39 Å². The molecule has 2 aromatic rings. The maximum atomic E-state index is 13.3. The summed E-state index contributed by atoms with van der Waals surface area (Å²) in [6.07, 6.45) is 0.523. The number of carbonyl (C=O) groups excluding carboxylic acids is 1. The highest BCUT2D eigenvalue weighted by Gasteiger charge is 2.11. The fraction of sp³-hybridized carbons (Fsp3) is 0. The molecule has 0 aliphatic heterocycles. The van der Waals surface area contributed by atoms with Gasteiger partial charge in [-0.1, -0.05) is 16.8 Å². The Morgan fingerprint density at radius 1 is 1.40 bits per heavy atom. The molecule has 3 nitrogen and oxygen atoms in total. The van der Waals surface area contributed by atoms with Gasteiger partial charge in [-0.2, -0.15) is 0 Å². The van der Waals surface area contributed by atoms with Gasteiger partial charge in [0.15, 0.2) is 12.0 Å². The number of hydrogen-bond donors (Lipinski definition) is 0. The maximum absolute atomic E-state index is 13.3. The second-order valence-electron chi connectivity index (χ2n) is 2.86. The van der Waals surface area contributed by atoms with E-state index < -0.39 is 5.82 Å². The summed E-state index contributed by atoms with van der Waals surface area (Å²) in [6, 6.07) is 5.41. The zero-order chi connectivity index (χ0) is 10.8. The molecule has 0 saturated heterocycles. The highest BCUT2D eigenvalue weighted by molar-refractivity contribution is 6.30. The van der Waals surface area contributed by atoms with Crippen LogP contribution in [-0.2, 0) is 0 Å². The summed E-state index contributed by atoms with van der Waals surface area (Å²) in [5, 5.41) is 3.81. The van der Waals surface area contributed by atoms with Gasteiger partial charge in [0, 0.05) is 11.1 Å². The number of carbonyl (C=O) groups is 1. The third-order valence-electron chi connectivity index (χ3n) is 1.84. The van der Waals surface area contributed by atoms with Crippen molar-refractivity contribution in [1.29, 1.82) is 0 Å². The molecule has 0 amide bonds. The summed E-state index contributed by atoms with van der Waals surface area (Å²) in [4.78, 5) is 10.4. The molecule has 0 aliphatic rings. The van der Waals surface area contributed by atoms with E-state index in [1.165, 1.54) is 24.3 Å². The van der Waals surface area contributed by atoms with Gasteiger partial charge in [0.2, 0.25) is 0 Å². The molecular weight excluding hydrogens is 221 g/mol. The van der Waals surface area contributed by atoms with Gasteiger partial charge in [-0.05, 0) is 18.2 Å². The number of rotatable bonds is 2. The summed E-state index contributed by atoms with van der Waals surface area (Å²) in [7, 11) is 0. The van der Waals surface area contributed by atoms with E-state index in [0.29, 0.717) is 11.3 Å². The van der Waals surface area contributed by atoms with Gasteiger partial charge < -0.3 is 4.52 Å². The van der Waals surface area contributed by atoms with E-state index >= 15 is 0 Å². The molecule has 0 fully saturated rings. The predicted octanol–water partition coefficient (Wildman–Crippen LogP) is 2.95. The summed E-state index contributed by atoms with van der Waals surface area (Å²) in [6.45, 7) is 0. The van der Waals surface area contributed by atoms with Crippen molar-refractivity contribution in [3.63, 3.8) is 0 Å². The average molecular weight is 226 g/mol. The van der Waals surface area contributed by atoms with E-state index in [-0.39, 0.29) is 17.0 Å². The fourth-order valence-electron chi connectivity index (χ4n) is 1.16. The molecule has 0 N–H and O–H groups in total. The monoisotopic (exact) mass is 225 g/mol. The highest BCUT2D eigenvalue weighted by atomic mass is 35.5. The first-order chi connectivity index (χ1) is 7.20. The molecule has 76 valence electrons. The number of benzene rings is 1. The first kappa shape index (κ1) is 9.86. The van der Waals surface area contributed by atoms with E-state index in [1.807, 2.05) is 0 Å². The second kappa shape index (κ2) is 3.82. The Morgan fingerprint density at radius 2 is 2.20 bits per heavy atom. The molecule has 0 bridgehead atoms. The molecule has 0 saturated carbocycles. The smallest absolute Gasteiger partial charge is 0.171 e. The number of nitrogens with zero attached hydrogens (tertiary/aromatic N) is 1. The lowest BCUT2D eigenvalue weighted by Crippen LogP contribution is -1.81. The molecule has 0 atom stereocenters.